The summed E-state index contributed by atoms with van der Waals surface area (Å²) >= 11 is 13.6. The van der Waals surface area contributed by atoms with Crippen molar-refractivity contribution >= 4 is 77.3 Å². The van der Waals surface area contributed by atoms with Crippen LogP contribution in [-0.4, -0.2) is 23.9 Å². The molecule has 2 N–H and O–H groups in total. The molecular weight excluding hydrogens is 559 g/mol. The Bertz CT molecular complexity index is 1550. The van der Waals surface area contributed by atoms with Gasteiger partial charge in [0.1, 0.15) is 14.2 Å². The van der Waals surface area contributed by atoms with Crippen LogP contribution in [0.4, 0.5) is 11.4 Å². The highest BCUT2D eigenvalue weighted by molar-refractivity contribution is 7.95. The Labute approximate surface area is 215 Å². The summed E-state index contributed by atoms with van der Waals surface area (Å²) in [6.45, 7) is 0. The Morgan fingerprint density at radius 1 is 0.676 bits per heavy atom. The van der Waals surface area contributed by atoms with Crippen LogP contribution in [0.5, 0.6) is 5.75 Å². The van der Waals surface area contributed by atoms with Gasteiger partial charge in [0.25, 0.3) is 20.0 Å². The SMILES string of the molecule is COc1ccc(-c2ccc(NS(=O)(=O)c3ccc(Cl)s3)c(NS(=O)(=O)c3ccc(Cl)s3)c2)cc1. The summed E-state index contributed by atoms with van der Waals surface area (Å²) in [6.07, 6.45) is 0. The number of rotatable bonds is 8. The minimum absolute atomic E-state index is 0.00410. The lowest BCUT2D eigenvalue weighted by Crippen LogP contribution is -2.16. The summed E-state index contributed by atoms with van der Waals surface area (Å²) in [7, 11) is -6.48. The van der Waals surface area contributed by atoms with Gasteiger partial charge >= 0.3 is 0 Å². The third-order valence-electron chi connectivity index (χ3n) is 4.56. The fourth-order valence-corrected chi connectivity index (χ4v) is 8.07. The molecule has 0 bridgehead atoms. The van der Waals surface area contributed by atoms with Crippen LogP contribution in [0.3, 0.4) is 0 Å². The predicted molar refractivity (Wildman–Crippen MR) is 139 cm³/mol. The monoisotopic (exact) mass is 574 g/mol. The Morgan fingerprint density at radius 3 is 1.65 bits per heavy atom. The first-order chi connectivity index (χ1) is 16.1. The number of ether oxygens (including phenoxy) is 1. The number of benzene rings is 2. The van der Waals surface area contributed by atoms with Crippen molar-refractivity contribution in [1.29, 1.82) is 0 Å². The molecular formula is C21H16Cl2N2O5S4. The van der Waals surface area contributed by atoms with E-state index >= 15 is 0 Å². The molecule has 0 fully saturated rings. The zero-order valence-electron chi connectivity index (χ0n) is 17.3. The number of thiophene rings is 2. The van der Waals surface area contributed by atoms with E-state index in [2.05, 4.69) is 9.44 Å². The molecule has 4 rings (SSSR count). The van der Waals surface area contributed by atoms with Crippen molar-refractivity contribution in [2.75, 3.05) is 16.6 Å². The average molecular weight is 576 g/mol. The first-order valence-corrected chi connectivity index (χ1v) is 14.8. The fraction of sp³-hybridized carbons (Fsp3) is 0.0476. The van der Waals surface area contributed by atoms with E-state index in [-0.39, 0.29) is 19.8 Å². The van der Waals surface area contributed by atoms with E-state index in [9.17, 15) is 16.8 Å². The molecule has 2 aromatic carbocycles. The maximum absolute atomic E-state index is 13.0. The number of nitrogens with one attached hydrogen (secondary N) is 2. The summed E-state index contributed by atoms with van der Waals surface area (Å²) < 4.78 is 62.4. The van der Waals surface area contributed by atoms with Gasteiger partial charge in [-0.05, 0) is 59.7 Å². The standard InChI is InChI=1S/C21H16Cl2N2O5S4/c1-30-15-5-2-13(3-6-15)14-4-7-16(24-33(26,27)20-10-8-18(22)31-20)17(12-14)25-34(28,29)21-11-9-19(23)32-21/h2-12,24-25H,1H3. The fourth-order valence-electron chi connectivity index (χ4n) is 2.96. The summed E-state index contributed by atoms with van der Waals surface area (Å²) in [6, 6.07) is 17.6. The van der Waals surface area contributed by atoms with Crippen molar-refractivity contribution in [1.82, 2.24) is 0 Å². The molecule has 4 aromatic rings. The lowest BCUT2D eigenvalue weighted by molar-refractivity contribution is 0.415. The number of sulfonamides is 2. The quantitative estimate of drug-likeness (QED) is 0.254. The van der Waals surface area contributed by atoms with Crippen LogP contribution in [0.1, 0.15) is 0 Å². The Balaban J connectivity index is 1.76. The van der Waals surface area contributed by atoms with Gasteiger partial charge in [0.15, 0.2) is 0 Å². The molecule has 0 aliphatic rings. The number of hydrogen-bond donors (Lipinski definition) is 2. The molecule has 0 saturated carbocycles. The maximum Gasteiger partial charge on any atom is 0.271 e. The second-order valence-electron chi connectivity index (χ2n) is 6.82. The zero-order chi connectivity index (χ0) is 24.5. The van der Waals surface area contributed by atoms with Crippen LogP contribution in [0.15, 0.2) is 75.1 Å². The average Bonchev–Trinajstić information content (AvgIpc) is 3.44. The third kappa shape index (κ3) is 5.51. The molecule has 2 heterocycles. The number of hydrogen-bond acceptors (Lipinski definition) is 7. The van der Waals surface area contributed by atoms with Gasteiger partial charge in [0.05, 0.1) is 27.2 Å². The van der Waals surface area contributed by atoms with Crippen molar-refractivity contribution in [3.63, 3.8) is 0 Å². The van der Waals surface area contributed by atoms with E-state index in [1.807, 2.05) is 12.1 Å². The second kappa shape index (κ2) is 9.76. The van der Waals surface area contributed by atoms with Gasteiger partial charge in [-0.1, -0.05) is 41.4 Å². The van der Waals surface area contributed by atoms with Gasteiger partial charge < -0.3 is 4.74 Å². The van der Waals surface area contributed by atoms with E-state index in [1.54, 1.807) is 31.4 Å². The molecule has 0 aliphatic heterocycles. The lowest BCUT2D eigenvalue weighted by atomic mass is 10.0. The Kier molecular flexibility index (Phi) is 7.13. The van der Waals surface area contributed by atoms with E-state index in [0.29, 0.717) is 20.0 Å². The molecule has 13 heteroatoms. The van der Waals surface area contributed by atoms with E-state index in [0.717, 1.165) is 28.2 Å². The van der Waals surface area contributed by atoms with Crippen molar-refractivity contribution in [3.8, 4) is 16.9 Å². The molecule has 0 atom stereocenters. The molecule has 178 valence electrons. The third-order valence-corrected chi connectivity index (χ3v) is 10.7. The van der Waals surface area contributed by atoms with Gasteiger partial charge in [0.2, 0.25) is 0 Å². The van der Waals surface area contributed by atoms with E-state index in [4.69, 9.17) is 27.9 Å². The minimum Gasteiger partial charge on any atom is -0.497 e. The summed E-state index contributed by atoms with van der Waals surface area (Å²) in [5.41, 5.74) is 1.53. The summed E-state index contributed by atoms with van der Waals surface area (Å²) in [4.78, 5) is 0. The molecule has 0 amide bonds. The smallest absolute Gasteiger partial charge is 0.271 e. The normalized spacial score (nSPS) is 11.9. The van der Waals surface area contributed by atoms with Gasteiger partial charge in [-0.25, -0.2) is 16.8 Å². The van der Waals surface area contributed by atoms with Crippen LogP contribution in [-0.2, 0) is 20.0 Å². The zero-order valence-corrected chi connectivity index (χ0v) is 22.1. The van der Waals surface area contributed by atoms with Crippen molar-refractivity contribution in [2.45, 2.75) is 8.42 Å². The van der Waals surface area contributed by atoms with Crippen molar-refractivity contribution in [2.24, 2.45) is 0 Å². The second-order valence-corrected chi connectivity index (χ2v) is 14.1. The van der Waals surface area contributed by atoms with Gasteiger partial charge in [0, 0.05) is 0 Å². The molecule has 2 aromatic heterocycles. The maximum atomic E-state index is 13.0. The van der Waals surface area contributed by atoms with E-state index < -0.39 is 20.0 Å². The van der Waals surface area contributed by atoms with Gasteiger partial charge in [-0.2, -0.15) is 0 Å². The minimum atomic E-state index is -4.03. The van der Waals surface area contributed by atoms with E-state index in [1.165, 1.54) is 30.3 Å². The number of anilines is 2. The summed E-state index contributed by atoms with van der Waals surface area (Å²) in [5.74, 6) is 0.665. The van der Waals surface area contributed by atoms with Crippen LogP contribution in [0.2, 0.25) is 8.67 Å². The topological polar surface area (TPSA) is 102 Å². The van der Waals surface area contributed by atoms with Crippen molar-refractivity contribution in [3.05, 3.63) is 75.4 Å². The van der Waals surface area contributed by atoms with Crippen LogP contribution >= 0.6 is 45.9 Å². The summed E-state index contributed by atoms with van der Waals surface area (Å²) in [5, 5.41) is 0. The Morgan fingerprint density at radius 2 is 1.18 bits per heavy atom. The molecule has 0 radical (unpaired) electrons. The highest BCUT2D eigenvalue weighted by Crippen LogP contribution is 2.35. The first kappa shape index (κ1) is 24.8. The predicted octanol–water partition coefficient (Wildman–Crippen LogP) is 6.39. The van der Waals surface area contributed by atoms with Crippen molar-refractivity contribution < 1.29 is 21.6 Å². The first-order valence-electron chi connectivity index (χ1n) is 9.42. The molecule has 0 saturated heterocycles. The number of methoxy groups -OCH3 is 1. The molecule has 7 nitrogen and oxygen atoms in total. The highest BCUT2D eigenvalue weighted by Gasteiger charge is 2.23. The molecule has 0 spiro atoms. The molecule has 0 aliphatic carbocycles. The molecule has 0 unspecified atom stereocenters. The largest absolute Gasteiger partial charge is 0.497 e. The van der Waals surface area contributed by atoms with Crippen LogP contribution < -0.4 is 14.2 Å². The van der Waals surface area contributed by atoms with Crippen LogP contribution in [0, 0.1) is 0 Å². The van der Waals surface area contributed by atoms with Gasteiger partial charge in [-0.3, -0.25) is 9.44 Å². The molecule has 34 heavy (non-hydrogen) atoms. The lowest BCUT2D eigenvalue weighted by Gasteiger charge is -2.15. The van der Waals surface area contributed by atoms with Crippen LogP contribution in [0.25, 0.3) is 11.1 Å². The Hall–Kier alpha value is -2.28. The van der Waals surface area contributed by atoms with Gasteiger partial charge in [-0.15, -0.1) is 22.7 Å². The number of halogens is 2. The highest BCUT2D eigenvalue weighted by atomic mass is 35.5.